The zero-order chi connectivity index (χ0) is 9.26. The van der Waals surface area contributed by atoms with Gasteiger partial charge in [-0.2, -0.15) is 9.84 Å². The SMILES string of the molecule is CN1C=[N+](c2ccc(C#N)cc2)C1. The first-order valence-electron chi connectivity index (χ1n) is 4.11. The molecule has 0 aromatic heterocycles. The zero-order valence-electron chi connectivity index (χ0n) is 7.44. The molecule has 0 unspecified atom stereocenters. The molecule has 0 fully saturated rings. The number of hydrogen-bond acceptors (Lipinski definition) is 2. The largest absolute Gasteiger partial charge is 0.245 e. The third-order valence-corrected chi connectivity index (χ3v) is 2.04. The molecule has 13 heavy (non-hydrogen) atoms. The Morgan fingerprint density at radius 1 is 1.38 bits per heavy atom. The van der Waals surface area contributed by atoms with Gasteiger partial charge in [0.05, 0.1) is 18.7 Å². The van der Waals surface area contributed by atoms with Gasteiger partial charge in [-0.15, -0.1) is 0 Å². The van der Waals surface area contributed by atoms with Crippen LogP contribution in [0.4, 0.5) is 5.69 Å². The average Bonchev–Trinajstić information content (AvgIpc) is 2.13. The molecule has 0 saturated carbocycles. The number of hydrogen-bond donors (Lipinski definition) is 0. The van der Waals surface area contributed by atoms with Crippen molar-refractivity contribution in [1.82, 2.24) is 4.90 Å². The summed E-state index contributed by atoms with van der Waals surface area (Å²) in [6.07, 6.45) is 2.03. The van der Waals surface area contributed by atoms with Crippen LogP contribution in [-0.2, 0) is 0 Å². The topological polar surface area (TPSA) is 30.0 Å². The summed E-state index contributed by atoms with van der Waals surface area (Å²) < 4.78 is 2.13. The van der Waals surface area contributed by atoms with Crippen LogP contribution in [0.2, 0.25) is 0 Å². The van der Waals surface area contributed by atoms with Gasteiger partial charge in [-0.3, -0.25) is 0 Å². The summed E-state index contributed by atoms with van der Waals surface area (Å²) in [5.74, 6) is 0. The van der Waals surface area contributed by atoms with E-state index >= 15 is 0 Å². The lowest BCUT2D eigenvalue weighted by molar-refractivity contribution is -0.498. The molecule has 1 aromatic carbocycles. The zero-order valence-corrected chi connectivity index (χ0v) is 7.44. The molecule has 0 radical (unpaired) electrons. The maximum absolute atomic E-state index is 8.60. The van der Waals surface area contributed by atoms with Crippen molar-refractivity contribution in [2.45, 2.75) is 0 Å². The van der Waals surface area contributed by atoms with Crippen molar-refractivity contribution in [3.8, 4) is 6.07 Å². The summed E-state index contributed by atoms with van der Waals surface area (Å²) in [6, 6.07) is 9.69. The van der Waals surface area contributed by atoms with Crippen molar-refractivity contribution >= 4 is 12.0 Å². The van der Waals surface area contributed by atoms with Crippen LogP contribution >= 0.6 is 0 Å². The van der Waals surface area contributed by atoms with E-state index in [0.29, 0.717) is 5.56 Å². The van der Waals surface area contributed by atoms with E-state index in [1.807, 2.05) is 37.7 Å². The molecule has 0 spiro atoms. The third kappa shape index (κ3) is 1.38. The van der Waals surface area contributed by atoms with Gasteiger partial charge in [-0.25, -0.2) is 4.90 Å². The number of nitriles is 1. The van der Waals surface area contributed by atoms with E-state index in [1.54, 1.807) is 0 Å². The fourth-order valence-electron chi connectivity index (χ4n) is 1.33. The van der Waals surface area contributed by atoms with E-state index < -0.39 is 0 Å². The molecule has 0 N–H and O–H groups in total. The van der Waals surface area contributed by atoms with Crippen LogP contribution in [0.3, 0.4) is 0 Å². The van der Waals surface area contributed by atoms with Gasteiger partial charge in [0.15, 0.2) is 0 Å². The van der Waals surface area contributed by atoms with Crippen molar-refractivity contribution in [3.05, 3.63) is 29.8 Å². The molecule has 1 aliphatic heterocycles. The van der Waals surface area contributed by atoms with Gasteiger partial charge in [0, 0.05) is 0 Å². The molecule has 1 aromatic rings. The van der Waals surface area contributed by atoms with Gasteiger partial charge in [-0.1, -0.05) is 0 Å². The molecule has 0 amide bonds. The lowest BCUT2D eigenvalue weighted by Gasteiger charge is -2.19. The highest BCUT2D eigenvalue weighted by Gasteiger charge is 2.19. The van der Waals surface area contributed by atoms with Gasteiger partial charge in [0.25, 0.3) is 0 Å². The normalized spacial score (nSPS) is 14.5. The Kier molecular flexibility index (Phi) is 1.75. The third-order valence-electron chi connectivity index (χ3n) is 2.04. The summed E-state index contributed by atoms with van der Waals surface area (Å²) in [5, 5.41) is 8.60. The summed E-state index contributed by atoms with van der Waals surface area (Å²) in [7, 11) is 2.03. The van der Waals surface area contributed by atoms with E-state index in [1.165, 1.54) is 0 Å². The fraction of sp³-hybridized carbons (Fsp3) is 0.200. The van der Waals surface area contributed by atoms with Crippen LogP contribution in [0.15, 0.2) is 24.3 Å². The Balaban J connectivity index is 2.25. The Morgan fingerprint density at radius 2 is 2.00 bits per heavy atom. The van der Waals surface area contributed by atoms with E-state index in [0.717, 1.165) is 12.4 Å². The predicted molar refractivity (Wildman–Crippen MR) is 49.8 cm³/mol. The van der Waals surface area contributed by atoms with Crippen LogP contribution in [0.25, 0.3) is 0 Å². The first-order chi connectivity index (χ1) is 6.29. The molecule has 1 heterocycles. The molecule has 0 bridgehead atoms. The quantitative estimate of drug-likeness (QED) is 0.594. The highest BCUT2D eigenvalue weighted by atomic mass is 15.4. The van der Waals surface area contributed by atoms with E-state index in [9.17, 15) is 0 Å². The molecule has 3 heteroatoms. The smallest absolute Gasteiger partial charge is 0.233 e. The molecule has 64 valence electrons. The monoisotopic (exact) mass is 172 g/mol. The Hall–Kier alpha value is -1.82. The number of rotatable bonds is 1. The minimum atomic E-state index is 0.706. The average molecular weight is 172 g/mol. The number of benzene rings is 1. The Labute approximate surface area is 77.1 Å². The highest BCUT2D eigenvalue weighted by Crippen LogP contribution is 2.15. The van der Waals surface area contributed by atoms with E-state index in [2.05, 4.69) is 15.5 Å². The highest BCUT2D eigenvalue weighted by molar-refractivity contribution is 5.55. The summed E-state index contributed by atoms with van der Waals surface area (Å²) >= 11 is 0. The van der Waals surface area contributed by atoms with Crippen LogP contribution < -0.4 is 0 Å². The van der Waals surface area contributed by atoms with E-state index in [4.69, 9.17) is 5.26 Å². The molecular formula is C10H10N3+. The van der Waals surface area contributed by atoms with Crippen LogP contribution in [0, 0.1) is 11.3 Å². The fourth-order valence-corrected chi connectivity index (χ4v) is 1.33. The molecule has 0 atom stereocenters. The van der Waals surface area contributed by atoms with Gasteiger partial charge < -0.3 is 0 Å². The van der Waals surface area contributed by atoms with Crippen molar-refractivity contribution < 1.29 is 4.58 Å². The maximum atomic E-state index is 8.60. The Morgan fingerprint density at radius 3 is 2.46 bits per heavy atom. The van der Waals surface area contributed by atoms with Crippen molar-refractivity contribution in [1.29, 1.82) is 5.26 Å². The van der Waals surface area contributed by atoms with Gasteiger partial charge >= 0.3 is 0 Å². The molecule has 2 rings (SSSR count). The van der Waals surface area contributed by atoms with Crippen LogP contribution in [-0.4, -0.2) is 29.5 Å². The van der Waals surface area contributed by atoms with Gasteiger partial charge in [-0.05, 0) is 24.3 Å². The van der Waals surface area contributed by atoms with Crippen molar-refractivity contribution in [3.63, 3.8) is 0 Å². The van der Waals surface area contributed by atoms with Crippen molar-refractivity contribution in [2.75, 3.05) is 13.7 Å². The first kappa shape index (κ1) is 7.81. The first-order valence-corrected chi connectivity index (χ1v) is 4.11. The molecule has 0 saturated heterocycles. The van der Waals surface area contributed by atoms with Crippen LogP contribution in [0.1, 0.15) is 5.56 Å². The summed E-state index contributed by atoms with van der Waals surface area (Å²) in [5.41, 5.74) is 1.84. The number of nitrogens with zero attached hydrogens (tertiary/aromatic N) is 3. The second-order valence-electron chi connectivity index (χ2n) is 3.14. The van der Waals surface area contributed by atoms with Gasteiger partial charge in [0.2, 0.25) is 13.0 Å². The van der Waals surface area contributed by atoms with E-state index in [-0.39, 0.29) is 0 Å². The second kappa shape index (κ2) is 2.91. The lowest BCUT2D eigenvalue weighted by Crippen LogP contribution is -2.39. The Bertz CT molecular complexity index is 384. The second-order valence-corrected chi connectivity index (χ2v) is 3.14. The van der Waals surface area contributed by atoms with Gasteiger partial charge in [0.1, 0.15) is 5.69 Å². The minimum Gasteiger partial charge on any atom is -0.233 e. The standard InChI is InChI=1S/C10H10N3/c1-12-7-13(8-12)10-4-2-9(6-11)3-5-10/h2-5,7H,8H2,1H3/q+1. The predicted octanol–water partition coefficient (Wildman–Crippen LogP) is 1.13. The summed E-state index contributed by atoms with van der Waals surface area (Å²) in [6.45, 7) is 0.923. The molecule has 1 aliphatic rings. The summed E-state index contributed by atoms with van der Waals surface area (Å²) in [4.78, 5) is 2.10. The van der Waals surface area contributed by atoms with Crippen LogP contribution in [0.5, 0.6) is 0 Å². The lowest BCUT2D eigenvalue weighted by atomic mass is 10.2. The molecule has 3 nitrogen and oxygen atoms in total. The van der Waals surface area contributed by atoms with Crippen molar-refractivity contribution in [2.24, 2.45) is 0 Å². The minimum absolute atomic E-state index is 0.706. The molecule has 0 aliphatic carbocycles. The maximum Gasteiger partial charge on any atom is 0.245 e. The molecular weight excluding hydrogens is 162 g/mol.